The van der Waals surface area contributed by atoms with Gasteiger partial charge in [-0.3, -0.25) is 0 Å². The smallest absolute Gasteiger partial charge is 0.0616 e. The monoisotopic (exact) mass is 158 g/mol. The van der Waals surface area contributed by atoms with Crippen molar-refractivity contribution >= 4 is 0 Å². The molecule has 1 N–H and O–H groups in total. The molecule has 0 spiro atoms. The lowest BCUT2D eigenvalue weighted by Crippen LogP contribution is -2.27. The molecule has 0 aromatic heterocycles. The molecular formula is C9H18O2. The van der Waals surface area contributed by atoms with E-state index in [-0.39, 0.29) is 6.10 Å². The molecule has 0 bridgehead atoms. The van der Waals surface area contributed by atoms with Gasteiger partial charge in [-0.05, 0) is 12.3 Å². The van der Waals surface area contributed by atoms with Crippen LogP contribution in [0.3, 0.4) is 0 Å². The molecule has 2 heteroatoms. The van der Waals surface area contributed by atoms with E-state index < -0.39 is 0 Å². The van der Waals surface area contributed by atoms with Crippen molar-refractivity contribution in [1.82, 2.24) is 0 Å². The van der Waals surface area contributed by atoms with Crippen molar-refractivity contribution < 1.29 is 9.84 Å². The van der Waals surface area contributed by atoms with E-state index >= 15 is 0 Å². The van der Waals surface area contributed by atoms with Gasteiger partial charge < -0.3 is 9.84 Å². The van der Waals surface area contributed by atoms with Crippen molar-refractivity contribution in [3.05, 3.63) is 0 Å². The van der Waals surface area contributed by atoms with Crippen LogP contribution in [0.25, 0.3) is 0 Å². The van der Waals surface area contributed by atoms with Crippen LogP contribution in [0.15, 0.2) is 0 Å². The molecule has 1 saturated heterocycles. The Hall–Kier alpha value is -0.0800. The number of aliphatic hydroxyl groups is 1. The maximum atomic E-state index is 9.74. The Labute approximate surface area is 68.6 Å². The minimum atomic E-state index is -0.150. The second kappa shape index (κ2) is 4.07. The van der Waals surface area contributed by atoms with Crippen molar-refractivity contribution in [1.29, 1.82) is 0 Å². The molecule has 0 amide bonds. The molecule has 2 nitrogen and oxygen atoms in total. The van der Waals surface area contributed by atoms with Crippen LogP contribution >= 0.6 is 0 Å². The average molecular weight is 158 g/mol. The lowest BCUT2D eigenvalue weighted by atomic mass is 9.90. The molecule has 0 saturated carbocycles. The molecule has 0 aliphatic carbocycles. The minimum Gasteiger partial charge on any atom is -0.392 e. The van der Waals surface area contributed by atoms with E-state index in [1.165, 1.54) is 0 Å². The molecule has 1 fully saturated rings. The van der Waals surface area contributed by atoms with Gasteiger partial charge in [-0.1, -0.05) is 20.3 Å². The summed E-state index contributed by atoms with van der Waals surface area (Å²) in [6.45, 7) is 5.80. The molecule has 66 valence electrons. The van der Waals surface area contributed by atoms with Crippen LogP contribution in [0.1, 0.15) is 26.7 Å². The van der Waals surface area contributed by atoms with E-state index in [1.807, 2.05) is 0 Å². The van der Waals surface area contributed by atoms with E-state index in [0.29, 0.717) is 11.8 Å². The van der Waals surface area contributed by atoms with Gasteiger partial charge in [-0.2, -0.15) is 0 Å². The maximum Gasteiger partial charge on any atom is 0.0616 e. The highest BCUT2D eigenvalue weighted by Crippen LogP contribution is 2.23. The standard InChI is InChI=1S/C9H18O2/c1-3-7(2)9(10)8-4-5-11-6-8/h7-10H,3-6H2,1-2H3. The summed E-state index contributed by atoms with van der Waals surface area (Å²) in [7, 11) is 0. The summed E-state index contributed by atoms with van der Waals surface area (Å²) in [5.41, 5.74) is 0. The van der Waals surface area contributed by atoms with Crippen molar-refractivity contribution in [2.45, 2.75) is 32.8 Å². The van der Waals surface area contributed by atoms with Gasteiger partial charge in [0.2, 0.25) is 0 Å². The molecule has 11 heavy (non-hydrogen) atoms. The van der Waals surface area contributed by atoms with E-state index in [2.05, 4.69) is 13.8 Å². The maximum absolute atomic E-state index is 9.74. The predicted molar refractivity (Wildman–Crippen MR) is 44.4 cm³/mol. The molecule has 1 rings (SSSR count). The molecule has 1 aliphatic rings. The van der Waals surface area contributed by atoms with E-state index in [9.17, 15) is 5.11 Å². The Morgan fingerprint density at radius 1 is 1.64 bits per heavy atom. The molecule has 0 aromatic carbocycles. The van der Waals surface area contributed by atoms with Gasteiger partial charge in [0.1, 0.15) is 0 Å². The first-order chi connectivity index (χ1) is 5.25. The fraction of sp³-hybridized carbons (Fsp3) is 1.00. The van der Waals surface area contributed by atoms with Gasteiger partial charge in [-0.25, -0.2) is 0 Å². The minimum absolute atomic E-state index is 0.150. The van der Waals surface area contributed by atoms with Crippen LogP contribution in [-0.4, -0.2) is 24.4 Å². The zero-order valence-electron chi connectivity index (χ0n) is 7.42. The summed E-state index contributed by atoms with van der Waals surface area (Å²) < 4.78 is 5.21. The Morgan fingerprint density at radius 3 is 2.82 bits per heavy atom. The molecule has 0 aromatic rings. The Kier molecular flexibility index (Phi) is 3.34. The van der Waals surface area contributed by atoms with Gasteiger partial charge in [0, 0.05) is 12.5 Å². The van der Waals surface area contributed by atoms with Gasteiger partial charge in [-0.15, -0.1) is 0 Å². The van der Waals surface area contributed by atoms with Crippen LogP contribution in [0, 0.1) is 11.8 Å². The number of rotatable bonds is 3. The number of hydrogen-bond acceptors (Lipinski definition) is 2. The third kappa shape index (κ3) is 2.17. The molecule has 0 radical (unpaired) electrons. The Morgan fingerprint density at radius 2 is 2.36 bits per heavy atom. The SMILES string of the molecule is CCC(C)C(O)C1CCOC1. The molecule has 3 unspecified atom stereocenters. The number of hydrogen-bond donors (Lipinski definition) is 1. The lowest BCUT2D eigenvalue weighted by molar-refractivity contribution is 0.0481. The Bertz CT molecular complexity index is 108. The van der Waals surface area contributed by atoms with Crippen molar-refractivity contribution in [2.75, 3.05) is 13.2 Å². The summed E-state index contributed by atoms with van der Waals surface area (Å²) in [5, 5.41) is 9.74. The highest BCUT2D eigenvalue weighted by molar-refractivity contribution is 4.76. The summed E-state index contributed by atoms with van der Waals surface area (Å²) in [4.78, 5) is 0. The van der Waals surface area contributed by atoms with E-state index in [4.69, 9.17) is 4.74 Å². The Balaban J connectivity index is 2.32. The zero-order chi connectivity index (χ0) is 8.27. The summed E-state index contributed by atoms with van der Waals surface area (Å²) in [5.74, 6) is 0.812. The van der Waals surface area contributed by atoms with Crippen LogP contribution in [0.2, 0.25) is 0 Å². The normalized spacial score (nSPS) is 30.3. The van der Waals surface area contributed by atoms with E-state index in [0.717, 1.165) is 26.1 Å². The third-order valence-corrected chi connectivity index (χ3v) is 2.67. The van der Waals surface area contributed by atoms with Gasteiger partial charge in [0.15, 0.2) is 0 Å². The average Bonchev–Trinajstić information content (AvgIpc) is 2.53. The zero-order valence-corrected chi connectivity index (χ0v) is 7.42. The van der Waals surface area contributed by atoms with Crippen molar-refractivity contribution in [3.8, 4) is 0 Å². The second-order valence-corrected chi connectivity index (χ2v) is 3.50. The van der Waals surface area contributed by atoms with Crippen LogP contribution in [0.5, 0.6) is 0 Å². The number of ether oxygens (including phenoxy) is 1. The number of aliphatic hydroxyl groups excluding tert-OH is 1. The molecule has 1 aliphatic heterocycles. The van der Waals surface area contributed by atoms with Gasteiger partial charge in [0.05, 0.1) is 12.7 Å². The summed E-state index contributed by atoms with van der Waals surface area (Å²) in [6.07, 6.45) is 1.94. The van der Waals surface area contributed by atoms with Crippen molar-refractivity contribution in [2.24, 2.45) is 11.8 Å². The second-order valence-electron chi connectivity index (χ2n) is 3.50. The fourth-order valence-corrected chi connectivity index (χ4v) is 1.53. The third-order valence-electron chi connectivity index (χ3n) is 2.67. The van der Waals surface area contributed by atoms with Crippen LogP contribution < -0.4 is 0 Å². The highest BCUT2D eigenvalue weighted by Gasteiger charge is 2.26. The summed E-state index contributed by atoms with van der Waals surface area (Å²) in [6, 6.07) is 0. The van der Waals surface area contributed by atoms with Crippen molar-refractivity contribution in [3.63, 3.8) is 0 Å². The largest absolute Gasteiger partial charge is 0.392 e. The first kappa shape index (κ1) is 9.01. The molecule has 3 atom stereocenters. The fourth-order valence-electron chi connectivity index (χ4n) is 1.53. The quantitative estimate of drug-likeness (QED) is 0.673. The van der Waals surface area contributed by atoms with Gasteiger partial charge in [0.25, 0.3) is 0 Å². The molecule has 1 heterocycles. The molecular weight excluding hydrogens is 140 g/mol. The lowest BCUT2D eigenvalue weighted by Gasteiger charge is -2.21. The first-order valence-electron chi connectivity index (χ1n) is 4.51. The summed E-state index contributed by atoms with van der Waals surface area (Å²) >= 11 is 0. The van der Waals surface area contributed by atoms with Gasteiger partial charge >= 0.3 is 0 Å². The first-order valence-corrected chi connectivity index (χ1v) is 4.51. The van der Waals surface area contributed by atoms with E-state index in [1.54, 1.807) is 0 Å². The van der Waals surface area contributed by atoms with Crippen LogP contribution in [0.4, 0.5) is 0 Å². The topological polar surface area (TPSA) is 29.5 Å². The predicted octanol–water partition coefficient (Wildman–Crippen LogP) is 1.43. The van der Waals surface area contributed by atoms with Crippen LogP contribution in [-0.2, 0) is 4.74 Å². The highest BCUT2D eigenvalue weighted by atomic mass is 16.5.